The van der Waals surface area contributed by atoms with Gasteiger partial charge in [0.15, 0.2) is 0 Å². The van der Waals surface area contributed by atoms with Crippen molar-refractivity contribution in [2.45, 2.75) is 96.1 Å². The van der Waals surface area contributed by atoms with E-state index in [9.17, 15) is 0 Å². The number of likely N-dealkylation sites (tertiary alicyclic amines) is 1. The van der Waals surface area contributed by atoms with Gasteiger partial charge in [-0.15, -0.1) is 0 Å². The molecule has 0 aromatic carbocycles. The minimum atomic E-state index is 0.837. The van der Waals surface area contributed by atoms with Crippen molar-refractivity contribution in [3.05, 3.63) is 0 Å². The van der Waals surface area contributed by atoms with Crippen LogP contribution in [0.4, 0.5) is 0 Å². The highest BCUT2D eigenvalue weighted by atomic mass is 15.2. The molecule has 118 valence electrons. The van der Waals surface area contributed by atoms with Crippen molar-refractivity contribution in [2.24, 2.45) is 0 Å². The van der Waals surface area contributed by atoms with Crippen molar-refractivity contribution in [3.63, 3.8) is 0 Å². The summed E-state index contributed by atoms with van der Waals surface area (Å²) in [6.07, 6.45) is 17.2. The molecular weight excluding hydrogens is 244 g/mol. The zero-order chi connectivity index (χ0) is 14.0. The number of hydrogen-bond acceptors (Lipinski definition) is 2. The molecule has 0 amide bonds. The fraction of sp³-hybridized carbons (Fsp3) is 1.00. The van der Waals surface area contributed by atoms with Crippen molar-refractivity contribution in [1.82, 2.24) is 10.2 Å². The smallest absolute Gasteiger partial charge is 0.0220 e. The number of piperidine rings is 1. The quantitative estimate of drug-likeness (QED) is 0.566. The molecule has 0 radical (unpaired) electrons. The van der Waals surface area contributed by atoms with Gasteiger partial charge in [-0.05, 0) is 45.2 Å². The second-order valence-corrected chi connectivity index (χ2v) is 6.99. The van der Waals surface area contributed by atoms with E-state index in [1.165, 1.54) is 96.7 Å². The number of unbranched alkanes of at least 4 members (excludes halogenated alkanes) is 6. The number of nitrogens with zero attached hydrogens (tertiary/aromatic N) is 1. The van der Waals surface area contributed by atoms with Crippen LogP contribution in [0.2, 0.25) is 0 Å². The molecule has 20 heavy (non-hydrogen) atoms. The third-order valence-corrected chi connectivity index (χ3v) is 5.02. The van der Waals surface area contributed by atoms with Gasteiger partial charge in [-0.1, -0.05) is 51.9 Å². The highest BCUT2D eigenvalue weighted by molar-refractivity contribution is 4.85. The van der Waals surface area contributed by atoms with E-state index in [0.29, 0.717) is 0 Å². The summed E-state index contributed by atoms with van der Waals surface area (Å²) in [5.41, 5.74) is 0. The van der Waals surface area contributed by atoms with Crippen molar-refractivity contribution < 1.29 is 0 Å². The predicted molar refractivity (Wildman–Crippen MR) is 88.2 cm³/mol. The summed E-state index contributed by atoms with van der Waals surface area (Å²) in [4.78, 5) is 2.78. The van der Waals surface area contributed by atoms with Gasteiger partial charge >= 0.3 is 0 Å². The Morgan fingerprint density at radius 3 is 2.40 bits per heavy atom. The topological polar surface area (TPSA) is 15.3 Å². The molecule has 1 aliphatic heterocycles. The van der Waals surface area contributed by atoms with Crippen LogP contribution in [-0.4, -0.2) is 36.6 Å². The van der Waals surface area contributed by atoms with Gasteiger partial charge in [0.05, 0.1) is 0 Å². The van der Waals surface area contributed by atoms with Crippen molar-refractivity contribution in [2.75, 3.05) is 19.6 Å². The molecule has 0 aromatic rings. The molecule has 0 aromatic heterocycles. The summed E-state index contributed by atoms with van der Waals surface area (Å²) in [5, 5.41) is 3.74. The molecule has 2 fully saturated rings. The average molecular weight is 281 g/mol. The van der Waals surface area contributed by atoms with Crippen molar-refractivity contribution >= 4 is 0 Å². The third kappa shape index (κ3) is 6.58. The Hall–Kier alpha value is -0.0800. The normalized spacial score (nSPS) is 24.1. The molecule has 2 nitrogen and oxygen atoms in total. The van der Waals surface area contributed by atoms with Gasteiger partial charge in [-0.2, -0.15) is 0 Å². The lowest BCUT2D eigenvalue weighted by Gasteiger charge is -2.36. The van der Waals surface area contributed by atoms with Crippen LogP contribution in [0, 0.1) is 0 Å². The molecule has 1 heterocycles. The van der Waals surface area contributed by atoms with E-state index in [1.54, 1.807) is 0 Å². The van der Waals surface area contributed by atoms with Gasteiger partial charge < -0.3 is 5.32 Å². The molecular formula is C18H36N2. The second-order valence-electron chi connectivity index (χ2n) is 6.99. The van der Waals surface area contributed by atoms with E-state index in [0.717, 1.165) is 12.1 Å². The molecule has 1 atom stereocenters. The Morgan fingerprint density at radius 2 is 1.65 bits per heavy atom. The maximum absolute atomic E-state index is 3.74. The second kappa shape index (κ2) is 9.78. The van der Waals surface area contributed by atoms with Gasteiger partial charge in [-0.3, -0.25) is 4.90 Å². The van der Waals surface area contributed by atoms with Crippen molar-refractivity contribution in [3.8, 4) is 0 Å². The summed E-state index contributed by atoms with van der Waals surface area (Å²) < 4.78 is 0. The van der Waals surface area contributed by atoms with Gasteiger partial charge in [0.2, 0.25) is 0 Å². The molecule has 2 heteroatoms. The van der Waals surface area contributed by atoms with E-state index in [4.69, 9.17) is 0 Å². The van der Waals surface area contributed by atoms with Crippen LogP contribution in [0.3, 0.4) is 0 Å². The molecule has 2 rings (SSSR count). The zero-order valence-corrected chi connectivity index (χ0v) is 13.7. The van der Waals surface area contributed by atoms with Crippen LogP contribution < -0.4 is 5.32 Å². The molecule has 1 saturated heterocycles. The minimum Gasteiger partial charge on any atom is -0.312 e. The fourth-order valence-corrected chi connectivity index (χ4v) is 3.45. The lowest BCUT2D eigenvalue weighted by atomic mass is 10.0. The van der Waals surface area contributed by atoms with E-state index >= 15 is 0 Å². The highest BCUT2D eigenvalue weighted by Gasteiger charge is 2.25. The number of hydrogen-bond donors (Lipinski definition) is 1. The summed E-state index contributed by atoms with van der Waals surface area (Å²) in [6.45, 7) is 6.25. The fourth-order valence-electron chi connectivity index (χ4n) is 3.45. The largest absolute Gasteiger partial charge is 0.312 e. The van der Waals surface area contributed by atoms with Crippen LogP contribution in [0.25, 0.3) is 0 Å². The predicted octanol–water partition coefficient (Wildman–Crippen LogP) is 4.34. The third-order valence-electron chi connectivity index (χ3n) is 5.02. The number of rotatable bonds is 11. The lowest BCUT2D eigenvalue weighted by Crippen LogP contribution is -2.46. The SMILES string of the molecule is CCCCCCCCCN1CCCCC1CNC1CC1. The molecule has 1 unspecified atom stereocenters. The van der Waals surface area contributed by atoms with Crippen LogP contribution in [0.15, 0.2) is 0 Å². The molecule has 0 bridgehead atoms. The van der Waals surface area contributed by atoms with Gasteiger partial charge in [-0.25, -0.2) is 0 Å². The van der Waals surface area contributed by atoms with E-state index < -0.39 is 0 Å². The van der Waals surface area contributed by atoms with Crippen molar-refractivity contribution in [1.29, 1.82) is 0 Å². The Balaban J connectivity index is 1.52. The Labute approximate surface area is 126 Å². The molecule has 2 aliphatic rings. The molecule has 0 spiro atoms. The maximum Gasteiger partial charge on any atom is 0.0220 e. The van der Waals surface area contributed by atoms with Gasteiger partial charge in [0.1, 0.15) is 0 Å². The molecule has 1 aliphatic carbocycles. The first kappa shape index (κ1) is 16.3. The van der Waals surface area contributed by atoms with Gasteiger partial charge in [0.25, 0.3) is 0 Å². The van der Waals surface area contributed by atoms with Crippen LogP contribution in [0.5, 0.6) is 0 Å². The summed E-state index contributed by atoms with van der Waals surface area (Å²) in [6, 6.07) is 1.71. The first-order valence-electron chi connectivity index (χ1n) is 9.37. The first-order valence-corrected chi connectivity index (χ1v) is 9.37. The standard InChI is InChI=1S/C18H36N2/c1-2-3-4-5-6-7-9-14-20-15-10-8-11-18(20)16-19-17-12-13-17/h17-19H,2-16H2,1H3. The van der Waals surface area contributed by atoms with E-state index in [-0.39, 0.29) is 0 Å². The monoisotopic (exact) mass is 280 g/mol. The van der Waals surface area contributed by atoms with E-state index in [1.807, 2.05) is 0 Å². The number of nitrogens with one attached hydrogen (secondary N) is 1. The minimum absolute atomic E-state index is 0.837. The summed E-state index contributed by atoms with van der Waals surface area (Å²) >= 11 is 0. The first-order chi connectivity index (χ1) is 9.90. The maximum atomic E-state index is 3.74. The Kier molecular flexibility index (Phi) is 7.97. The molecule has 1 N–H and O–H groups in total. The highest BCUT2D eigenvalue weighted by Crippen LogP contribution is 2.21. The lowest BCUT2D eigenvalue weighted by molar-refractivity contribution is 0.142. The molecule has 1 saturated carbocycles. The summed E-state index contributed by atoms with van der Waals surface area (Å²) in [5.74, 6) is 0. The average Bonchev–Trinajstić information content (AvgIpc) is 3.29. The van der Waals surface area contributed by atoms with Gasteiger partial charge in [0, 0.05) is 18.6 Å². The Bertz CT molecular complexity index is 238. The Morgan fingerprint density at radius 1 is 0.900 bits per heavy atom. The van der Waals surface area contributed by atoms with Crippen LogP contribution in [-0.2, 0) is 0 Å². The van der Waals surface area contributed by atoms with Crippen LogP contribution >= 0.6 is 0 Å². The zero-order valence-electron chi connectivity index (χ0n) is 13.7. The summed E-state index contributed by atoms with van der Waals surface area (Å²) in [7, 11) is 0. The van der Waals surface area contributed by atoms with Crippen LogP contribution in [0.1, 0.15) is 84.0 Å². The van der Waals surface area contributed by atoms with E-state index in [2.05, 4.69) is 17.1 Å².